The number of rotatable bonds is 6. The first-order valence-electron chi connectivity index (χ1n) is 4.78. The van der Waals surface area contributed by atoms with Gasteiger partial charge in [-0.05, 0) is 31.6 Å². The summed E-state index contributed by atoms with van der Waals surface area (Å²) in [6.45, 7) is 5.44. The topological polar surface area (TPSA) is 26.1 Å². The summed E-state index contributed by atoms with van der Waals surface area (Å²) in [5.41, 5.74) is 7.54. The molecular weight excluding hydrogens is 136 g/mol. The Hall–Kier alpha value is -0.0800. The first-order valence-corrected chi connectivity index (χ1v) is 4.78. The highest BCUT2D eigenvalue weighted by Crippen LogP contribution is 2.27. The van der Waals surface area contributed by atoms with E-state index in [-0.39, 0.29) is 0 Å². The molecule has 2 nitrogen and oxygen atoms in total. The maximum absolute atomic E-state index is 4.33. The lowest BCUT2D eigenvalue weighted by molar-refractivity contribution is 0.394. The van der Waals surface area contributed by atoms with Crippen molar-refractivity contribution in [2.45, 2.75) is 45.6 Å². The zero-order valence-electron chi connectivity index (χ0n) is 7.64. The van der Waals surface area contributed by atoms with E-state index in [1.165, 1.54) is 25.7 Å². The molecule has 0 heterocycles. The summed E-state index contributed by atoms with van der Waals surface area (Å²) in [7, 11) is 0. The van der Waals surface area contributed by atoms with Gasteiger partial charge in [0.1, 0.15) is 0 Å². The minimum absolute atomic E-state index is 0.605. The van der Waals surface area contributed by atoms with Crippen molar-refractivity contribution in [3.05, 3.63) is 0 Å². The predicted octanol–water partition coefficient (Wildman–Crippen LogP) is 1.69. The van der Waals surface area contributed by atoms with Gasteiger partial charge in [0.2, 0.25) is 0 Å². The van der Waals surface area contributed by atoms with E-state index in [1.807, 2.05) is 0 Å². The molecule has 1 aliphatic carbocycles. The molecule has 1 radical (unpaired) electrons. The molecule has 0 aromatic heterocycles. The third-order valence-corrected chi connectivity index (χ3v) is 2.31. The van der Waals surface area contributed by atoms with E-state index in [4.69, 9.17) is 0 Å². The fourth-order valence-electron chi connectivity index (χ4n) is 1.08. The van der Waals surface area contributed by atoms with Crippen molar-refractivity contribution in [1.82, 2.24) is 10.9 Å². The van der Waals surface area contributed by atoms with Crippen molar-refractivity contribution >= 4 is 0 Å². The maximum atomic E-state index is 4.33. The third kappa shape index (κ3) is 3.73. The van der Waals surface area contributed by atoms with E-state index < -0.39 is 0 Å². The first kappa shape index (κ1) is 9.01. The highest BCUT2D eigenvalue weighted by atomic mass is 15.4. The number of hydrogen-bond acceptors (Lipinski definition) is 1. The zero-order chi connectivity index (χ0) is 8.10. The van der Waals surface area contributed by atoms with Crippen molar-refractivity contribution < 1.29 is 0 Å². The van der Waals surface area contributed by atoms with Gasteiger partial charge < -0.3 is 0 Å². The Morgan fingerprint density at radius 3 is 2.45 bits per heavy atom. The number of nitrogens with one attached hydrogen (secondary N) is 1. The van der Waals surface area contributed by atoms with Gasteiger partial charge in [-0.2, -0.15) is 5.43 Å². The lowest BCUT2D eigenvalue weighted by Gasteiger charge is -2.13. The summed E-state index contributed by atoms with van der Waals surface area (Å²) < 4.78 is 0. The molecule has 0 saturated heterocycles. The molecule has 0 amide bonds. The van der Waals surface area contributed by atoms with E-state index in [2.05, 4.69) is 24.7 Å². The van der Waals surface area contributed by atoms with Crippen LogP contribution in [-0.2, 0) is 0 Å². The molecule has 1 saturated carbocycles. The molecule has 0 aliphatic heterocycles. The summed E-state index contributed by atoms with van der Waals surface area (Å²) in [4.78, 5) is 0. The average Bonchev–Trinajstić information content (AvgIpc) is 2.82. The van der Waals surface area contributed by atoms with Crippen LogP contribution in [0, 0.1) is 5.92 Å². The second-order valence-corrected chi connectivity index (χ2v) is 3.43. The van der Waals surface area contributed by atoms with Crippen LogP contribution < -0.4 is 10.9 Å². The second kappa shape index (κ2) is 4.73. The minimum atomic E-state index is 0.605. The quantitative estimate of drug-likeness (QED) is 0.580. The SMILES string of the molecule is CCC(CC)N[N]CC1CC1. The zero-order valence-corrected chi connectivity index (χ0v) is 7.64. The fraction of sp³-hybridized carbons (Fsp3) is 1.00. The van der Waals surface area contributed by atoms with Crippen LogP contribution in [0.25, 0.3) is 0 Å². The molecule has 1 N–H and O–H groups in total. The summed E-state index contributed by atoms with van der Waals surface area (Å²) in [5.74, 6) is 0.914. The molecular formula is C9H19N2. The molecule has 1 fully saturated rings. The summed E-state index contributed by atoms with van der Waals surface area (Å²) in [6.07, 6.45) is 5.16. The van der Waals surface area contributed by atoms with E-state index in [0.717, 1.165) is 12.5 Å². The van der Waals surface area contributed by atoms with Crippen molar-refractivity contribution in [2.24, 2.45) is 5.92 Å². The average molecular weight is 155 g/mol. The van der Waals surface area contributed by atoms with Gasteiger partial charge in [0.15, 0.2) is 0 Å². The van der Waals surface area contributed by atoms with Crippen LogP contribution in [0.1, 0.15) is 39.5 Å². The van der Waals surface area contributed by atoms with E-state index in [9.17, 15) is 0 Å². The van der Waals surface area contributed by atoms with Crippen LogP contribution in [0.3, 0.4) is 0 Å². The highest BCUT2D eigenvalue weighted by molar-refractivity contribution is 4.74. The molecule has 0 aromatic rings. The Bertz CT molecular complexity index is 95.7. The Labute approximate surface area is 69.7 Å². The van der Waals surface area contributed by atoms with Crippen LogP contribution in [0.2, 0.25) is 0 Å². The molecule has 1 aliphatic rings. The molecule has 65 valence electrons. The predicted molar refractivity (Wildman–Crippen MR) is 47.2 cm³/mol. The molecule has 1 rings (SSSR count). The van der Waals surface area contributed by atoms with Crippen LogP contribution in [0.15, 0.2) is 0 Å². The Morgan fingerprint density at radius 1 is 1.36 bits per heavy atom. The number of nitrogens with zero attached hydrogens (tertiary/aromatic N) is 1. The van der Waals surface area contributed by atoms with Gasteiger partial charge in [0.25, 0.3) is 0 Å². The van der Waals surface area contributed by atoms with Gasteiger partial charge in [0.05, 0.1) is 0 Å². The second-order valence-electron chi connectivity index (χ2n) is 3.43. The fourth-order valence-corrected chi connectivity index (χ4v) is 1.08. The summed E-state index contributed by atoms with van der Waals surface area (Å²) in [5, 5.41) is 0. The minimum Gasteiger partial charge on any atom is -0.237 e. The van der Waals surface area contributed by atoms with Gasteiger partial charge >= 0.3 is 0 Å². The lowest BCUT2D eigenvalue weighted by atomic mass is 10.2. The van der Waals surface area contributed by atoms with Crippen molar-refractivity contribution in [3.63, 3.8) is 0 Å². The standard InChI is InChI=1S/C9H19N2/c1-3-9(4-2)11-10-7-8-5-6-8/h8-9,11H,3-7H2,1-2H3. The van der Waals surface area contributed by atoms with Gasteiger partial charge in [-0.1, -0.05) is 13.8 Å². The van der Waals surface area contributed by atoms with Crippen molar-refractivity contribution in [2.75, 3.05) is 6.54 Å². The lowest BCUT2D eigenvalue weighted by Crippen LogP contribution is -2.35. The van der Waals surface area contributed by atoms with Crippen molar-refractivity contribution in [1.29, 1.82) is 0 Å². The largest absolute Gasteiger partial charge is 0.237 e. The third-order valence-electron chi connectivity index (χ3n) is 2.31. The molecule has 2 heteroatoms. The maximum Gasteiger partial charge on any atom is 0.0332 e. The van der Waals surface area contributed by atoms with Crippen LogP contribution >= 0.6 is 0 Å². The van der Waals surface area contributed by atoms with E-state index in [1.54, 1.807) is 0 Å². The molecule has 11 heavy (non-hydrogen) atoms. The van der Waals surface area contributed by atoms with Gasteiger partial charge in [-0.25, -0.2) is 5.43 Å². The monoisotopic (exact) mass is 155 g/mol. The number of hydrogen-bond donors (Lipinski definition) is 1. The van der Waals surface area contributed by atoms with Crippen molar-refractivity contribution in [3.8, 4) is 0 Å². The Kier molecular flexibility index (Phi) is 3.87. The molecule has 0 atom stereocenters. The summed E-state index contributed by atoms with van der Waals surface area (Å²) >= 11 is 0. The molecule has 0 unspecified atom stereocenters. The normalized spacial score (nSPS) is 17.7. The molecule has 0 aromatic carbocycles. The van der Waals surface area contributed by atoms with E-state index >= 15 is 0 Å². The van der Waals surface area contributed by atoms with Crippen LogP contribution in [-0.4, -0.2) is 12.6 Å². The van der Waals surface area contributed by atoms with Gasteiger partial charge in [-0.15, -0.1) is 0 Å². The Balaban J connectivity index is 1.90. The highest BCUT2D eigenvalue weighted by Gasteiger charge is 2.21. The van der Waals surface area contributed by atoms with Gasteiger partial charge in [0, 0.05) is 12.6 Å². The first-order chi connectivity index (χ1) is 5.36. The summed E-state index contributed by atoms with van der Waals surface area (Å²) in [6, 6.07) is 0.605. The Morgan fingerprint density at radius 2 is 2.00 bits per heavy atom. The van der Waals surface area contributed by atoms with E-state index in [0.29, 0.717) is 6.04 Å². The van der Waals surface area contributed by atoms with Crippen LogP contribution in [0.4, 0.5) is 0 Å². The molecule has 0 bridgehead atoms. The van der Waals surface area contributed by atoms with Crippen LogP contribution in [0.5, 0.6) is 0 Å². The van der Waals surface area contributed by atoms with Gasteiger partial charge in [-0.3, -0.25) is 0 Å². The molecule has 0 spiro atoms. The smallest absolute Gasteiger partial charge is 0.0332 e.